The molecular weight excluding hydrogens is 372 g/mol. The number of halogens is 1. The molecule has 7 heteroatoms. The molecule has 0 saturated carbocycles. The van der Waals surface area contributed by atoms with Gasteiger partial charge in [-0.2, -0.15) is 4.99 Å². The third-order valence-electron chi connectivity index (χ3n) is 3.77. The molecule has 0 bridgehead atoms. The Bertz CT molecular complexity index is 966. The zero-order chi connectivity index (χ0) is 18.5. The van der Waals surface area contributed by atoms with Crippen molar-refractivity contribution in [3.05, 3.63) is 58.4 Å². The number of hydrogen-bond acceptors (Lipinski definition) is 4. The molecule has 0 aliphatic heterocycles. The minimum absolute atomic E-state index is 0.335. The summed E-state index contributed by atoms with van der Waals surface area (Å²) in [5.74, 6) is 0.302. The van der Waals surface area contributed by atoms with Crippen molar-refractivity contribution in [2.45, 2.75) is 19.6 Å². The number of rotatable bonds is 6. The lowest BCUT2D eigenvalue weighted by molar-refractivity contribution is -0.124. The lowest BCUT2D eigenvalue weighted by atomic mass is 10.3. The lowest BCUT2D eigenvalue weighted by Crippen LogP contribution is -2.26. The summed E-state index contributed by atoms with van der Waals surface area (Å²) >= 11 is 7.51. The average Bonchev–Trinajstić information content (AvgIpc) is 2.96. The molecule has 0 N–H and O–H groups in total. The quantitative estimate of drug-likeness (QED) is 0.641. The molecule has 2 aromatic carbocycles. The Morgan fingerprint density at radius 3 is 2.77 bits per heavy atom. The van der Waals surface area contributed by atoms with Gasteiger partial charge < -0.3 is 14.0 Å². The zero-order valence-corrected chi connectivity index (χ0v) is 16.1. The van der Waals surface area contributed by atoms with Crippen LogP contribution in [0.5, 0.6) is 5.75 Å². The maximum atomic E-state index is 12.5. The van der Waals surface area contributed by atoms with Crippen molar-refractivity contribution in [2.24, 2.45) is 4.99 Å². The third kappa shape index (κ3) is 4.33. The second-order valence-electron chi connectivity index (χ2n) is 5.66. The molecule has 5 nitrogen and oxygen atoms in total. The number of methoxy groups -OCH3 is 1. The van der Waals surface area contributed by atoms with Gasteiger partial charge in [-0.3, -0.25) is 4.79 Å². The third-order valence-corrected chi connectivity index (χ3v) is 5.05. The minimum Gasteiger partial charge on any atom is -0.481 e. The second-order valence-corrected chi connectivity index (χ2v) is 7.11. The maximum absolute atomic E-state index is 12.5. The minimum atomic E-state index is -0.679. The van der Waals surface area contributed by atoms with E-state index >= 15 is 0 Å². The first-order valence-corrected chi connectivity index (χ1v) is 9.36. The first-order valence-electron chi connectivity index (χ1n) is 8.16. The smallest absolute Gasteiger partial charge is 0.289 e. The van der Waals surface area contributed by atoms with Crippen LogP contribution < -0.4 is 9.54 Å². The SMILES string of the molecule is COCCn1c(=NC(=O)C(C)Oc2ccccc2)sc2cc(Cl)ccc21. The van der Waals surface area contributed by atoms with E-state index in [4.69, 9.17) is 21.1 Å². The predicted molar refractivity (Wildman–Crippen MR) is 104 cm³/mol. The van der Waals surface area contributed by atoms with Crippen LogP contribution in [0.15, 0.2) is 53.5 Å². The summed E-state index contributed by atoms with van der Waals surface area (Å²) in [7, 11) is 1.64. The fourth-order valence-electron chi connectivity index (χ4n) is 2.47. The van der Waals surface area contributed by atoms with Gasteiger partial charge in [-0.25, -0.2) is 0 Å². The van der Waals surface area contributed by atoms with Crippen molar-refractivity contribution in [2.75, 3.05) is 13.7 Å². The Hall–Kier alpha value is -2.15. The van der Waals surface area contributed by atoms with Crippen LogP contribution in [0.2, 0.25) is 5.02 Å². The highest BCUT2D eigenvalue weighted by molar-refractivity contribution is 7.16. The van der Waals surface area contributed by atoms with Crippen LogP contribution in [-0.2, 0) is 16.1 Å². The average molecular weight is 391 g/mol. The lowest BCUT2D eigenvalue weighted by Gasteiger charge is -2.10. The molecule has 1 atom stereocenters. The fraction of sp³-hybridized carbons (Fsp3) is 0.263. The van der Waals surface area contributed by atoms with E-state index in [9.17, 15) is 4.79 Å². The van der Waals surface area contributed by atoms with Crippen molar-refractivity contribution in [3.63, 3.8) is 0 Å². The number of ether oxygens (including phenoxy) is 2. The monoisotopic (exact) mass is 390 g/mol. The highest BCUT2D eigenvalue weighted by Gasteiger charge is 2.15. The van der Waals surface area contributed by atoms with Crippen LogP contribution in [-0.4, -0.2) is 30.3 Å². The van der Waals surface area contributed by atoms with E-state index in [2.05, 4.69) is 4.99 Å². The Labute approximate surface area is 160 Å². The second kappa shape index (κ2) is 8.49. The van der Waals surface area contributed by atoms with Crippen molar-refractivity contribution in [1.82, 2.24) is 4.57 Å². The number of amides is 1. The highest BCUT2D eigenvalue weighted by Crippen LogP contribution is 2.22. The molecule has 26 heavy (non-hydrogen) atoms. The van der Waals surface area contributed by atoms with Crippen LogP contribution in [0.25, 0.3) is 10.2 Å². The van der Waals surface area contributed by atoms with E-state index in [1.165, 1.54) is 11.3 Å². The van der Waals surface area contributed by atoms with Gasteiger partial charge in [-0.1, -0.05) is 41.1 Å². The first kappa shape index (κ1) is 18.6. The number of carbonyl (C=O) groups is 1. The summed E-state index contributed by atoms with van der Waals surface area (Å²) < 4.78 is 13.8. The summed E-state index contributed by atoms with van der Waals surface area (Å²) in [5.41, 5.74) is 0.972. The molecule has 0 aliphatic carbocycles. The van der Waals surface area contributed by atoms with E-state index in [1.54, 1.807) is 14.0 Å². The molecule has 0 radical (unpaired) electrons. The summed E-state index contributed by atoms with van der Waals surface area (Å²) in [6.45, 7) is 2.81. The van der Waals surface area contributed by atoms with Crippen LogP contribution in [0.3, 0.4) is 0 Å². The van der Waals surface area contributed by atoms with Gasteiger partial charge in [0.1, 0.15) is 5.75 Å². The normalized spacial score (nSPS) is 13.1. The molecule has 0 fully saturated rings. The number of benzene rings is 2. The number of nitrogens with zero attached hydrogens (tertiary/aromatic N) is 2. The van der Waals surface area contributed by atoms with Gasteiger partial charge >= 0.3 is 0 Å². The van der Waals surface area contributed by atoms with Gasteiger partial charge in [0.25, 0.3) is 5.91 Å². The van der Waals surface area contributed by atoms with Gasteiger partial charge in [0.05, 0.1) is 16.8 Å². The predicted octanol–water partition coefficient (Wildman–Crippen LogP) is 3.90. The molecule has 1 aromatic heterocycles. The summed E-state index contributed by atoms with van der Waals surface area (Å²) in [6.07, 6.45) is -0.679. The standard InChI is InChI=1S/C19H19ClN2O3S/c1-13(25-15-6-4-3-5-7-15)18(23)21-19-22(10-11-24-2)16-9-8-14(20)12-17(16)26-19/h3-9,12-13H,10-11H2,1-2H3. The Kier molecular flexibility index (Phi) is 6.08. The molecular formula is C19H19ClN2O3S. The van der Waals surface area contributed by atoms with E-state index in [0.717, 1.165) is 10.2 Å². The number of para-hydroxylation sites is 1. The van der Waals surface area contributed by atoms with E-state index < -0.39 is 6.10 Å². The molecule has 136 valence electrons. The molecule has 0 saturated heterocycles. The van der Waals surface area contributed by atoms with Crippen molar-refractivity contribution >= 4 is 39.1 Å². The number of thiazole rings is 1. The Balaban J connectivity index is 1.93. The van der Waals surface area contributed by atoms with Gasteiger partial charge in [0.15, 0.2) is 10.9 Å². The number of hydrogen-bond donors (Lipinski definition) is 0. The molecule has 1 unspecified atom stereocenters. The van der Waals surface area contributed by atoms with Gasteiger partial charge in [0.2, 0.25) is 0 Å². The van der Waals surface area contributed by atoms with Crippen molar-refractivity contribution < 1.29 is 14.3 Å². The highest BCUT2D eigenvalue weighted by atomic mass is 35.5. The van der Waals surface area contributed by atoms with Gasteiger partial charge in [0, 0.05) is 18.7 Å². The molecule has 0 aliphatic rings. The molecule has 3 aromatic rings. The summed E-state index contributed by atoms with van der Waals surface area (Å²) in [4.78, 5) is 17.4. The van der Waals surface area contributed by atoms with Crippen LogP contribution >= 0.6 is 22.9 Å². The largest absolute Gasteiger partial charge is 0.481 e. The molecule has 0 spiro atoms. The topological polar surface area (TPSA) is 52.8 Å². The Morgan fingerprint density at radius 2 is 2.04 bits per heavy atom. The van der Waals surface area contributed by atoms with Gasteiger partial charge in [-0.15, -0.1) is 0 Å². The molecule has 1 heterocycles. The fourth-order valence-corrected chi connectivity index (χ4v) is 3.81. The van der Waals surface area contributed by atoms with E-state index in [0.29, 0.717) is 28.7 Å². The number of carbonyl (C=O) groups excluding carboxylic acids is 1. The Morgan fingerprint density at radius 1 is 1.27 bits per heavy atom. The maximum Gasteiger partial charge on any atom is 0.289 e. The van der Waals surface area contributed by atoms with Gasteiger partial charge in [-0.05, 0) is 37.3 Å². The van der Waals surface area contributed by atoms with Crippen molar-refractivity contribution in [1.29, 1.82) is 0 Å². The van der Waals surface area contributed by atoms with Crippen LogP contribution in [0.1, 0.15) is 6.92 Å². The molecule has 3 rings (SSSR count). The van der Waals surface area contributed by atoms with E-state index in [-0.39, 0.29) is 5.91 Å². The first-order chi connectivity index (χ1) is 12.6. The number of aromatic nitrogens is 1. The summed E-state index contributed by atoms with van der Waals surface area (Å²) in [5, 5.41) is 0.649. The zero-order valence-electron chi connectivity index (χ0n) is 14.5. The van der Waals surface area contributed by atoms with E-state index in [1.807, 2.05) is 53.1 Å². The molecule has 1 amide bonds. The van der Waals surface area contributed by atoms with Crippen LogP contribution in [0, 0.1) is 0 Å². The van der Waals surface area contributed by atoms with Crippen molar-refractivity contribution in [3.8, 4) is 5.75 Å². The number of fused-ring (bicyclic) bond motifs is 1. The van der Waals surface area contributed by atoms with Crippen LogP contribution in [0.4, 0.5) is 0 Å². The summed E-state index contributed by atoms with van der Waals surface area (Å²) in [6, 6.07) is 14.9.